The number of aryl methyl sites for hydroxylation is 1. The first-order valence-corrected chi connectivity index (χ1v) is 8.10. The highest BCUT2D eigenvalue weighted by molar-refractivity contribution is 6.30. The van der Waals surface area contributed by atoms with E-state index in [4.69, 9.17) is 11.6 Å². The van der Waals surface area contributed by atoms with Crippen LogP contribution in [-0.2, 0) is 0 Å². The summed E-state index contributed by atoms with van der Waals surface area (Å²) in [5, 5.41) is 12.2. The van der Waals surface area contributed by atoms with Crippen molar-refractivity contribution >= 4 is 34.7 Å². The molecule has 5 nitrogen and oxygen atoms in total. The maximum Gasteiger partial charge on any atom is 0.251 e. The summed E-state index contributed by atoms with van der Waals surface area (Å²) in [7, 11) is 0. The Kier molecular flexibility index (Phi) is 4.91. The van der Waals surface area contributed by atoms with E-state index < -0.39 is 0 Å². The molecule has 0 aliphatic carbocycles. The number of halogens is 1. The van der Waals surface area contributed by atoms with E-state index in [1.54, 1.807) is 6.20 Å². The molecule has 1 aromatic heterocycles. The zero-order chi connectivity index (χ0) is 16.9. The van der Waals surface area contributed by atoms with E-state index in [1.165, 1.54) is 0 Å². The molecule has 0 spiro atoms. The van der Waals surface area contributed by atoms with E-state index >= 15 is 0 Å². The van der Waals surface area contributed by atoms with E-state index in [0.717, 1.165) is 23.5 Å². The van der Waals surface area contributed by atoms with E-state index in [2.05, 4.69) is 27.4 Å². The van der Waals surface area contributed by atoms with E-state index in [9.17, 15) is 0 Å². The quantitative estimate of drug-likeness (QED) is 0.728. The summed E-state index contributed by atoms with van der Waals surface area (Å²) in [5.41, 5.74) is 3.00. The molecule has 6 heteroatoms. The summed E-state index contributed by atoms with van der Waals surface area (Å²) in [4.78, 5) is 6.59. The molecule has 2 aromatic carbocycles. The molecule has 0 fully saturated rings. The van der Waals surface area contributed by atoms with Gasteiger partial charge in [0.15, 0.2) is 5.82 Å². The Hall–Kier alpha value is -2.66. The van der Waals surface area contributed by atoms with Gasteiger partial charge in [0, 0.05) is 22.9 Å². The summed E-state index contributed by atoms with van der Waals surface area (Å²) in [6, 6.07) is 15.7. The molecule has 0 bridgehead atoms. The lowest BCUT2D eigenvalue weighted by Gasteiger charge is -2.20. The van der Waals surface area contributed by atoms with Crippen molar-refractivity contribution in [1.82, 2.24) is 15.2 Å². The summed E-state index contributed by atoms with van der Waals surface area (Å²) >= 11 is 6.07. The zero-order valence-corrected chi connectivity index (χ0v) is 14.3. The third-order valence-corrected chi connectivity index (χ3v) is 3.87. The van der Waals surface area contributed by atoms with Crippen LogP contribution in [0.3, 0.4) is 0 Å². The smallest absolute Gasteiger partial charge is 0.251 e. The number of hydrogen-bond acceptors (Lipinski definition) is 5. The van der Waals surface area contributed by atoms with Crippen LogP contribution in [-0.4, -0.2) is 21.7 Å². The van der Waals surface area contributed by atoms with Gasteiger partial charge in [-0.15, -0.1) is 5.10 Å². The molecule has 0 atom stereocenters. The van der Waals surface area contributed by atoms with E-state index in [-0.39, 0.29) is 0 Å². The topological polar surface area (TPSA) is 53.9 Å². The maximum atomic E-state index is 6.07. The van der Waals surface area contributed by atoms with Crippen LogP contribution in [0.4, 0.5) is 23.1 Å². The number of nitrogens with zero attached hydrogens (tertiary/aromatic N) is 4. The predicted molar refractivity (Wildman–Crippen MR) is 98.4 cm³/mol. The van der Waals surface area contributed by atoms with Crippen molar-refractivity contribution in [2.45, 2.75) is 13.8 Å². The van der Waals surface area contributed by atoms with Gasteiger partial charge in [0.2, 0.25) is 0 Å². The first kappa shape index (κ1) is 16.2. The standard InChI is InChI=1S/C18H18ClN5/c1-3-24(15-7-5-4-6-8-15)18-22-17(12-20-23-18)21-16-11-14(19)10-9-13(16)2/h4-12H,3H2,1-2H3,(H,21,22,23). The van der Waals surface area contributed by atoms with Gasteiger partial charge in [0.25, 0.3) is 5.95 Å². The fraction of sp³-hybridized carbons (Fsp3) is 0.167. The van der Waals surface area contributed by atoms with Crippen molar-refractivity contribution in [3.8, 4) is 0 Å². The van der Waals surface area contributed by atoms with Gasteiger partial charge in [-0.3, -0.25) is 0 Å². The molecule has 0 aliphatic heterocycles. The van der Waals surface area contributed by atoms with Crippen molar-refractivity contribution in [3.05, 3.63) is 65.3 Å². The number of rotatable bonds is 5. The molecule has 1 heterocycles. The van der Waals surface area contributed by atoms with Crippen molar-refractivity contribution < 1.29 is 0 Å². The Balaban J connectivity index is 1.90. The zero-order valence-electron chi connectivity index (χ0n) is 13.6. The second kappa shape index (κ2) is 7.27. The second-order valence-electron chi connectivity index (χ2n) is 5.31. The highest BCUT2D eigenvalue weighted by Gasteiger charge is 2.12. The fourth-order valence-corrected chi connectivity index (χ4v) is 2.56. The minimum atomic E-state index is 0.549. The first-order chi connectivity index (χ1) is 11.7. The summed E-state index contributed by atoms with van der Waals surface area (Å²) in [6.45, 7) is 4.80. The van der Waals surface area contributed by atoms with Crippen LogP contribution in [0.25, 0.3) is 0 Å². The number of para-hydroxylation sites is 1. The average Bonchev–Trinajstić information content (AvgIpc) is 2.60. The van der Waals surface area contributed by atoms with Crippen LogP contribution < -0.4 is 10.2 Å². The Morgan fingerprint density at radius 3 is 2.67 bits per heavy atom. The van der Waals surface area contributed by atoms with Crippen LogP contribution in [0.15, 0.2) is 54.7 Å². The third-order valence-electron chi connectivity index (χ3n) is 3.64. The van der Waals surface area contributed by atoms with Crippen molar-refractivity contribution in [2.24, 2.45) is 0 Å². The molecule has 0 aliphatic rings. The Labute approximate surface area is 146 Å². The minimum Gasteiger partial charge on any atom is -0.339 e. The van der Waals surface area contributed by atoms with Crippen LogP contribution in [0.2, 0.25) is 5.02 Å². The number of nitrogens with one attached hydrogen (secondary N) is 1. The molecule has 3 rings (SSSR count). The molecular formula is C18H18ClN5. The van der Waals surface area contributed by atoms with Gasteiger partial charge in [0.05, 0.1) is 6.20 Å². The SMILES string of the molecule is CCN(c1ccccc1)c1nncc(Nc2cc(Cl)ccc2C)n1. The van der Waals surface area contributed by atoms with Crippen molar-refractivity contribution in [3.63, 3.8) is 0 Å². The van der Waals surface area contributed by atoms with Gasteiger partial charge in [-0.1, -0.05) is 35.9 Å². The van der Waals surface area contributed by atoms with E-state index in [1.807, 2.05) is 60.4 Å². The van der Waals surface area contributed by atoms with Gasteiger partial charge in [0.1, 0.15) is 0 Å². The lowest BCUT2D eigenvalue weighted by atomic mass is 10.2. The third kappa shape index (κ3) is 3.63. The summed E-state index contributed by atoms with van der Waals surface area (Å²) < 4.78 is 0. The molecule has 0 radical (unpaired) electrons. The maximum absolute atomic E-state index is 6.07. The number of aromatic nitrogens is 3. The van der Waals surface area contributed by atoms with Crippen LogP contribution in [0, 0.1) is 6.92 Å². The van der Waals surface area contributed by atoms with Crippen LogP contribution in [0.5, 0.6) is 0 Å². The van der Waals surface area contributed by atoms with Gasteiger partial charge < -0.3 is 10.2 Å². The minimum absolute atomic E-state index is 0.549. The monoisotopic (exact) mass is 339 g/mol. The van der Waals surface area contributed by atoms with Crippen LogP contribution in [0.1, 0.15) is 12.5 Å². The molecule has 1 N–H and O–H groups in total. The highest BCUT2D eigenvalue weighted by atomic mass is 35.5. The molecule has 0 saturated heterocycles. The van der Waals surface area contributed by atoms with Crippen LogP contribution >= 0.6 is 11.6 Å². The molecule has 24 heavy (non-hydrogen) atoms. The lowest BCUT2D eigenvalue weighted by Crippen LogP contribution is -2.19. The van der Waals surface area contributed by atoms with Crippen molar-refractivity contribution in [1.29, 1.82) is 0 Å². The Morgan fingerprint density at radius 1 is 1.12 bits per heavy atom. The Bertz CT molecular complexity index is 823. The average molecular weight is 340 g/mol. The molecule has 3 aromatic rings. The number of anilines is 4. The van der Waals surface area contributed by atoms with Gasteiger partial charge in [-0.2, -0.15) is 10.1 Å². The Morgan fingerprint density at radius 2 is 1.92 bits per heavy atom. The second-order valence-corrected chi connectivity index (χ2v) is 5.74. The van der Waals surface area contributed by atoms with Gasteiger partial charge in [-0.25, -0.2) is 0 Å². The molecule has 0 saturated carbocycles. The number of hydrogen-bond donors (Lipinski definition) is 1. The van der Waals surface area contributed by atoms with Gasteiger partial charge >= 0.3 is 0 Å². The molecule has 0 unspecified atom stereocenters. The largest absolute Gasteiger partial charge is 0.339 e. The lowest BCUT2D eigenvalue weighted by molar-refractivity contribution is 0.887. The molecular weight excluding hydrogens is 322 g/mol. The first-order valence-electron chi connectivity index (χ1n) is 7.73. The highest BCUT2D eigenvalue weighted by Crippen LogP contribution is 2.25. The summed E-state index contributed by atoms with van der Waals surface area (Å²) in [5.74, 6) is 1.17. The van der Waals surface area contributed by atoms with Crippen molar-refractivity contribution in [2.75, 3.05) is 16.8 Å². The fourth-order valence-electron chi connectivity index (χ4n) is 2.38. The summed E-state index contributed by atoms with van der Waals surface area (Å²) in [6.07, 6.45) is 1.60. The van der Waals surface area contributed by atoms with Gasteiger partial charge in [-0.05, 0) is 43.7 Å². The normalized spacial score (nSPS) is 10.5. The number of benzene rings is 2. The molecule has 0 amide bonds. The predicted octanol–water partition coefficient (Wildman–Crippen LogP) is 4.74. The molecule has 122 valence electrons. The van der Waals surface area contributed by atoms with E-state index in [0.29, 0.717) is 16.8 Å².